The molecule has 0 saturated heterocycles. The van der Waals surface area contributed by atoms with Crippen LogP contribution in [0.25, 0.3) is 0 Å². The monoisotopic (exact) mass is 440 g/mol. The van der Waals surface area contributed by atoms with Gasteiger partial charge < -0.3 is 0 Å². The van der Waals surface area contributed by atoms with E-state index in [0.717, 1.165) is 8.26 Å². The summed E-state index contributed by atoms with van der Waals surface area (Å²) >= 11 is 11.2. The van der Waals surface area contributed by atoms with E-state index in [1.54, 1.807) is 6.07 Å². The maximum absolute atomic E-state index is 12.9. The van der Waals surface area contributed by atoms with Crippen LogP contribution < -0.4 is 0 Å². The van der Waals surface area contributed by atoms with Crippen LogP contribution in [0.2, 0.25) is 0 Å². The molecular formula is C11H4Br3FOS. The van der Waals surface area contributed by atoms with E-state index >= 15 is 0 Å². The molecule has 0 saturated carbocycles. The number of carbonyl (C=O) groups excluding carboxylic acids is 1. The number of hydrogen-bond donors (Lipinski definition) is 0. The molecule has 0 aliphatic rings. The zero-order chi connectivity index (χ0) is 12.6. The maximum Gasteiger partial charge on any atom is 0.204 e. The smallest absolute Gasteiger partial charge is 0.204 e. The van der Waals surface area contributed by atoms with E-state index in [0.29, 0.717) is 14.9 Å². The highest BCUT2D eigenvalue weighted by molar-refractivity contribution is 9.13. The lowest BCUT2D eigenvalue weighted by Gasteiger charge is -2.01. The van der Waals surface area contributed by atoms with Gasteiger partial charge in [-0.15, -0.1) is 11.3 Å². The van der Waals surface area contributed by atoms with Crippen LogP contribution >= 0.6 is 59.1 Å². The van der Waals surface area contributed by atoms with Crippen molar-refractivity contribution in [1.82, 2.24) is 0 Å². The zero-order valence-corrected chi connectivity index (χ0v) is 13.7. The van der Waals surface area contributed by atoms with Gasteiger partial charge >= 0.3 is 0 Å². The minimum Gasteiger partial charge on any atom is -0.288 e. The first kappa shape index (κ1) is 13.4. The van der Waals surface area contributed by atoms with Crippen molar-refractivity contribution in [3.63, 3.8) is 0 Å². The average molecular weight is 443 g/mol. The molecule has 6 heteroatoms. The molecule has 1 heterocycles. The highest BCUT2D eigenvalue weighted by Crippen LogP contribution is 2.34. The predicted octanol–water partition coefficient (Wildman–Crippen LogP) is 5.41. The summed E-state index contributed by atoms with van der Waals surface area (Å²) in [6.45, 7) is 0. The van der Waals surface area contributed by atoms with Crippen molar-refractivity contribution in [2.75, 3.05) is 0 Å². The summed E-state index contributed by atoms with van der Waals surface area (Å²) in [5.74, 6) is -0.504. The average Bonchev–Trinajstić information content (AvgIpc) is 2.58. The second-order valence-corrected chi connectivity index (χ2v) is 7.26. The van der Waals surface area contributed by atoms with Gasteiger partial charge in [0.05, 0.1) is 8.66 Å². The van der Waals surface area contributed by atoms with Gasteiger partial charge in [-0.1, -0.05) is 0 Å². The molecule has 88 valence electrons. The number of hydrogen-bond acceptors (Lipinski definition) is 2. The second kappa shape index (κ2) is 5.30. The first-order chi connectivity index (χ1) is 7.99. The Balaban J connectivity index is 2.43. The van der Waals surface area contributed by atoms with Crippen LogP contribution in [0.3, 0.4) is 0 Å². The van der Waals surface area contributed by atoms with Gasteiger partial charge in [0.25, 0.3) is 0 Å². The van der Waals surface area contributed by atoms with Crippen LogP contribution in [0.5, 0.6) is 0 Å². The Morgan fingerprint density at radius 1 is 1.12 bits per heavy atom. The third-order valence-electron chi connectivity index (χ3n) is 2.04. The van der Waals surface area contributed by atoms with Crippen molar-refractivity contribution in [3.05, 3.63) is 53.3 Å². The quantitative estimate of drug-likeness (QED) is 0.569. The molecule has 17 heavy (non-hydrogen) atoms. The van der Waals surface area contributed by atoms with Crippen molar-refractivity contribution in [1.29, 1.82) is 0 Å². The second-order valence-electron chi connectivity index (χ2n) is 3.19. The Morgan fingerprint density at radius 2 is 1.82 bits per heavy atom. The minimum atomic E-state index is -0.373. The summed E-state index contributed by atoms with van der Waals surface area (Å²) in [6.07, 6.45) is 0. The number of halogens is 4. The van der Waals surface area contributed by atoms with Gasteiger partial charge in [-0.05, 0) is 72.1 Å². The summed E-state index contributed by atoms with van der Waals surface area (Å²) in [5, 5.41) is 0. The Morgan fingerprint density at radius 3 is 2.35 bits per heavy atom. The van der Waals surface area contributed by atoms with Crippen LogP contribution in [-0.2, 0) is 0 Å². The SMILES string of the molecule is O=C(c1cc(Br)c(Br)s1)c1ccc(F)cc1Br. The van der Waals surface area contributed by atoms with E-state index < -0.39 is 0 Å². The van der Waals surface area contributed by atoms with Crippen molar-refractivity contribution >= 4 is 64.9 Å². The number of ketones is 1. The van der Waals surface area contributed by atoms with Gasteiger partial charge in [0.1, 0.15) is 5.82 Å². The van der Waals surface area contributed by atoms with Gasteiger partial charge in [0.15, 0.2) is 0 Å². The topological polar surface area (TPSA) is 17.1 Å². The molecule has 0 unspecified atom stereocenters. The normalized spacial score (nSPS) is 10.6. The fourth-order valence-corrected chi connectivity index (χ4v) is 3.79. The summed E-state index contributed by atoms with van der Waals surface area (Å²) in [6, 6.07) is 5.77. The lowest BCUT2D eigenvalue weighted by molar-refractivity contribution is 0.104. The van der Waals surface area contributed by atoms with Gasteiger partial charge in [-0.3, -0.25) is 4.79 Å². The predicted molar refractivity (Wildman–Crippen MR) is 77.3 cm³/mol. The molecule has 1 aromatic carbocycles. The Kier molecular flexibility index (Phi) is 4.18. The van der Waals surface area contributed by atoms with Gasteiger partial charge in [-0.2, -0.15) is 0 Å². The Hall–Kier alpha value is -0.0400. The third kappa shape index (κ3) is 2.86. The molecular weight excluding hydrogens is 439 g/mol. The molecule has 0 fully saturated rings. The summed E-state index contributed by atoms with van der Waals surface area (Å²) in [5.41, 5.74) is 0.452. The summed E-state index contributed by atoms with van der Waals surface area (Å²) in [7, 11) is 0. The van der Waals surface area contributed by atoms with Crippen LogP contribution in [-0.4, -0.2) is 5.78 Å². The van der Waals surface area contributed by atoms with Gasteiger partial charge in [-0.25, -0.2) is 4.39 Å². The van der Waals surface area contributed by atoms with Crippen LogP contribution in [0.1, 0.15) is 15.2 Å². The number of carbonyl (C=O) groups is 1. The minimum absolute atomic E-state index is 0.131. The van der Waals surface area contributed by atoms with Crippen molar-refractivity contribution in [2.24, 2.45) is 0 Å². The fourth-order valence-electron chi connectivity index (χ4n) is 1.26. The first-order valence-electron chi connectivity index (χ1n) is 4.43. The van der Waals surface area contributed by atoms with E-state index in [1.165, 1.54) is 29.5 Å². The molecule has 2 rings (SSSR count). The molecule has 2 aromatic rings. The number of rotatable bonds is 2. The molecule has 0 bridgehead atoms. The standard InChI is InChI=1S/C11H4Br3FOS/c12-7-3-5(15)1-2-6(7)10(16)9-4-8(13)11(14)17-9/h1-4H. The van der Waals surface area contributed by atoms with Crippen molar-refractivity contribution < 1.29 is 9.18 Å². The molecule has 0 aliphatic carbocycles. The molecule has 0 amide bonds. The van der Waals surface area contributed by atoms with E-state index in [2.05, 4.69) is 47.8 Å². The maximum atomic E-state index is 12.9. The molecule has 0 N–H and O–H groups in total. The largest absolute Gasteiger partial charge is 0.288 e. The van der Waals surface area contributed by atoms with Crippen molar-refractivity contribution in [3.8, 4) is 0 Å². The van der Waals surface area contributed by atoms with Crippen LogP contribution in [0.15, 0.2) is 37.0 Å². The molecule has 0 atom stereocenters. The summed E-state index contributed by atoms with van der Waals surface area (Å²) in [4.78, 5) is 12.8. The Bertz CT molecular complexity index is 575. The van der Waals surface area contributed by atoms with Crippen molar-refractivity contribution in [2.45, 2.75) is 0 Å². The van der Waals surface area contributed by atoms with E-state index in [-0.39, 0.29) is 11.6 Å². The zero-order valence-electron chi connectivity index (χ0n) is 8.14. The third-order valence-corrected chi connectivity index (χ3v) is 5.96. The fraction of sp³-hybridized carbons (Fsp3) is 0. The highest BCUT2D eigenvalue weighted by Gasteiger charge is 2.16. The number of thiophene rings is 1. The first-order valence-corrected chi connectivity index (χ1v) is 7.63. The lowest BCUT2D eigenvalue weighted by Crippen LogP contribution is -2.00. The highest BCUT2D eigenvalue weighted by atomic mass is 79.9. The molecule has 1 nitrogen and oxygen atoms in total. The van der Waals surface area contributed by atoms with E-state index in [1.807, 2.05) is 0 Å². The molecule has 0 radical (unpaired) electrons. The Labute approximate surface area is 126 Å². The number of benzene rings is 1. The van der Waals surface area contributed by atoms with E-state index in [9.17, 15) is 9.18 Å². The molecule has 0 spiro atoms. The molecule has 0 aliphatic heterocycles. The molecule has 1 aromatic heterocycles. The lowest BCUT2D eigenvalue weighted by atomic mass is 10.1. The van der Waals surface area contributed by atoms with Crippen LogP contribution in [0.4, 0.5) is 4.39 Å². The van der Waals surface area contributed by atoms with Gasteiger partial charge in [0, 0.05) is 14.5 Å². The summed E-state index contributed by atoms with van der Waals surface area (Å²) < 4.78 is 15.1. The van der Waals surface area contributed by atoms with Gasteiger partial charge in [0.2, 0.25) is 5.78 Å². The van der Waals surface area contributed by atoms with E-state index in [4.69, 9.17) is 0 Å². The van der Waals surface area contributed by atoms with Crippen LogP contribution in [0, 0.1) is 5.82 Å².